The normalized spacial score (nSPS) is 11.0. The summed E-state index contributed by atoms with van der Waals surface area (Å²) in [4.78, 5) is 17.3. The van der Waals surface area contributed by atoms with Crippen LogP contribution in [0, 0.1) is 6.92 Å². The van der Waals surface area contributed by atoms with Gasteiger partial charge in [-0.2, -0.15) is 0 Å². The third-order valence-electron chi connectivity index (χ3n) is 4.40. The predicted molar refractivity (Wildman–Crippen MR) is 120 cm³/mol. The van der Waals surface area contributed by atoms with Gasteiger partial charge in [-0.3, -0.25) is 4.79 Å². The van der Waals surface area contributed by atoms with Gasteiger partial charge in [0.05, 0.1) is 16.3 Å². The number of thiazole rings is 1. The fourth-order valence-corrected chi connectivity index (χ4v) is 4.11. The van der Waals surface area contributed by atoms with Gasteiger partial charge in [0.2, 0.25) is 0 Å². The summed E-state index contributed by atoms with van der Waals surface area (Å²) in [7, 11) is 0. The van der Waals surface area contributed by atoms with E-state index in [1.807, 2.05) is 50.2 Å². The lowest BCUT2D eigenvalue weighted by Gasteiger charge is -2.11. The van der Waals surface area contributed by atoms with E-state index in [0.717, 1.165) is 21.8 Å². The molecule has 0 aliphatic heterocycles. The molecule has 0 aliphatic rings. The molecule has 29 heavy (non-hydrogen) atoms. The van der Waals surface area contributed by atoms with Gasteiger partial charge in [0.15, 0.2) is 0 Å². The SMILES string of the molecule is Cc1ccc2nc(-c3ccc(NC(=O)c4cccc(OC(C)C)c4)cc3)sc2c1. The molecular formula is C24H22N2O2S. The maximum absolute atomic E-state index is 12.6. The maximum atomic E-state index is 12.6. The molecule has 0 saturated heterocycles. The quantitative estimate of drug-likeness (QED) is 0.425. The van der Waals surface area contributed by atoms with Crippen LogP contribution in [0.4, 0.5) is 5.69 Å². The van der Waals surface area contributed by atoms with Crippen molar-refractivity contribution in [1.29, 1.82) is 0 Å². The Kier molecular flexibility index (Phi) is 5.32. The number of aryl methyl sites for hydroxylation is 1. The molecule has 1 amide bonds. The zero-order valence-electron chi connectivity index (χ0n) is 16.6. The van der Waals surface area contributed by atoms with Crippen molar-refractivity contribution in [3.8, 4) is 16.3 Å². The summed E-state index contributed by atoms with van der Waals surface area (Å²) in [6, 6.07) is 21.3. The van der Waals surface area contributed by atoms with Gasteiger partial charge in [0, 0.05) is 16.8 Å². The van der Waals surface area contributed by atoms with Crippen molar-refractivity contribution < 1.29 is 9.53 Å². The Bertz CT molecular complexity index is 1160. The van der Waals surface area contributed by atoms with Gasteiger partial charge in [0.25, 0.3) is 5.91 Å². The number of benzene rings is 3. The molecule has 0 bridgehead atoms. The predicted octanol–water partition coefficient (Wildman–Crippen LogP) is 6.31. The van der Waals surface area contributed by atoms with E-state index < -0.39 is 0 Å². The summed E-state index contributed by atoms with van der Waals surface area (Å²) in [6.45, 7) is 6.00. The number of nitrogens with one attached hydrogen (secondary N) is 1. The van der Waals surface area contributed by atoms with E-state index in [4.69, 9.17) is 9.72 Å². The van der Waals surface area contributed by atoms with E-state index in [0.29, 0.717) is 11.3 Å². The fourth-order valence-electron chi connectivity index (χ4n) is 3.04. The summed E-state index contributed by atoms with van der Waals surface area (Å²) in [5, 5.41) is 3.91. The van der Waals surface area contributed by atoms with Crippen molar-refractivity contribution in [2.24, 2.45) is 0 Å². The first-order valence-electron chi connectivity index (χ1n) is 9.53. The first kappa shape index (κ1) is 19.2. The molecule has 1 aromatic heterocycles. The zero-order chi connectivity index (χ0) is 20.4. The summed E-state index contributed by atoms with van der Waals surface area (Å²) >= 11 is 1.68. The lowest BCUT2D eigenvalue weighted by atomic mass is 10.1. The van der Waals surface area contributed by atoms with Gasteiger partial charge >= 0.3 is 0 Å². The third kappa shape index (κ3) is 4.46. The minimum absolute atomic E-state index is 0.0623. The molecule has 0 atom stereocenters. The molecule has 146 valence electrons. The Morgan fingerprint density at radius 3 is 2.59 bits per heavy atom. The minimum Gasteiger partial charge on any atom is -0.491 e. The highest BCUT2D eigenvalue weighted by Gasteiger charge is 2.10. The topological polar surface area (TPSA) is 51.2 Å². The summed E-state index contributed by atoms with van der Waals surface area (Å²) in [5.74, 6) is 0.525. The molecule has 0 spiro atoms. The monoisotopic (exact) mass is 402 g/mol. The molecule has 0 saturated carbocycles. The van der Waals surface area contributed by atoms with Gasteiger partial charge in [-0.05, 0) is 80.9 Å². The highest BCUT2D eigenvalue weighted by molar-refractivity contribution is 7.21. The molecular weight excluding hydrogens is 380 g/mol. The fraction of sp³-hybridized carbons (Fsp3) is 0.167. The summed E-state index contributed by atoms with van der Waals surface area (Å²) < 4.78 is 6.85. The van der Waals surface area contributed by atoms with Crippen LogP contribution in [0.2, 0.25) is 0 Å². The molecule has 0 fully saturated rings. The molecule has 0 aliphatic carbocycles. The lowest BCUT2D eigenvalue weighted by Crippen LogP contribution is -2.12. The second-order valence-corrected chi connectivity index (χ2v) is 8.25. The largest absolute Gasteiger partial charge is 0.491 e. The molecule has 0 radical (unpaired) electrons. The number of hydrogen-bond donors (Lipinski definition) is 1. The number of carbonyl (C=O) groups is 1. The van der Waals surface area contributed by atoms with Crippen LogP contribution in [-0.2, 0) is 0 Å². The highest BCUT2D eigenvalue weighted by atomic mass is 32.1. The number of nitrogens with zero attached hydrogens (tertiary/aromatic N) is 1. The number of aromatic nitrogens is 1. The first-order valence-corrected chi connectivity index (χ1v) is 10.4. The van der Waals surface area contributed by atoms with Crippen LogP contribution in [0.3, 0.4) is 0 Å². The van der Waals surface area contributed by atoms with E-state index in [1.54, 1.807) is 23.5 Å². The van der Waals surface area contributed by atoms with Gasteiger partial charge in [-0.1, -0.05) is 12.1 Å². The molecule has 1 heterocycles. The molecule has 0 unspecified atom stereocenters. The Labute approximate surface area is 174 Å². The number of ether oxygens (including phenoxy) is 1. The standard InChI is InChI=1S/C24H22N2O2S/c1-15(2)28-20-6-4-5-18(14-20)23(27)25-19-10-8-17(9-11-19)24-26-21-12-7-16(3)13-22(21)29-24/h4-15H,1-3H3,(H,25,27). The Morgan fingerprint density at radius 1 is 1.03 bits per heavy atom. The smallest absolute Gasteiger partial charge is 0.255 e. The third-order valence-corrected chi connectivity index (χ3v) is 5.47. The summed E-state index contributed by atoms with van der Waals surface area (Å²) in [6.07, 6.45) is 0.0623. The van der Waals surface area contributed by atoms with Crippen molar-refractivity contribution in [3.05, 3.63) is 77.9 Å². The number of anilines is 1. The number of fused-ring (bicyclic) bond motifs is 1. The number of rotatable bonds is 5. The van der Waals surface area contributed by atoms with Gasteiger partial charge in [-0.25, -0.2) is 4.98 Å². The number of amides is 1. The van der Waals surface area contributed by atoms with Crippen LogP contribution < -0.4 is 10.1 Å². The van der Waals surface area contributed by atoms with E-state index in [1.165, 1.54) is 10.3 Å². The molecule has 4 nitrogen and oxygen atoms in total. The van der Waals surface area contributed by atoms with E-state index in [2.05, 4.69) is 30.4 Å². The molecule has 4 aromatic rings. The van der Waals surface area contributed by atoms with Crippen molar-refractivity contribution in [1.82, 2.24) is 4.98 Å². The second-order valence-electron chi connectivity index (χ2n) is 7.22. The van der Waals surface area contributed by atoms with Gasteiger partial charge in [-0.15, -0.1) is 11.3 Å². The van der Waals surface area contributed by atoms with Gasteiger partial charge in [0.1, 0.15) is 10.8 Å². The Hall–Kier alpha value is -3.18. The van der Waals surface area contributed by atoms with E-state index in [-0.39, 0.29) is 12.0 Å². The molecule has 5 heteroatoms. The average molecular weight is 403 g/mol. The first-order chi connectivity index (χ1) is 14.0. The van der Waals surface area contributed by atoms with Crippen molar-refractivity contribution >= 4 is 33.1 Å². The minimum atomic E-state index is -0.164. The van der Waals surface area contributed by atoms with Crippen molar-refractivity contribution in [2.45, 2.75) is 26.9 Å². The van der Waals surface area contributed by atoms with Crippen molar-refractivity contribution in [2.75, 3.05) is 5.32 Å². The van der Waals surface area contributed by atoms with E-state index in [9.17, 15) is 4.79 Å². The Balaban J connectivity index is 1.49. The van der Waals surface area contributed by atoms with E-state index >= 15 is 0 Å². The zero-order valence-corrected chi connectivity index (χ0v) is 17.4. The van der Waals surface area contributed by atoms with Crippen LogP contribution in [0.1, 0.15) is 29.8 Å². The second kappa shape index (κ2) is 8.05. The van der Waals surface area contributed by atoms with Crippen LogP contribution in [0.25, 0.3) is 20.8 Å². The van der Waals surface area contributed by atoms with Crippen LogP contribution >= 0.6 is 11.3 Å². The van der Waals surface area contributed by atoms with Crippen molar-refractivity contribution in [3.63, 3.8) is 0 Å². The molecule has 3 aromatic carbocycles. The molecule has 1 N–H and O–H groups in total. The average Bonchev–Trinajstić information content (AvgIpc) is 3.11. The number of hydrogen-bond acceptors (Lipinski definition) is 4. The lowest BCUT2D eigenvalue weighted by molar-refractivity contribution is 0.102. The highest BCUT2D eigenvalue weighted by Crippen LogP contribution is 2.31. The summed E-state index contributed by atoms with van der Waals surface area (Å²) in [5.41, 5.74) is 4.58. The molecule has 4 rings (SSSR count). The van der Waals surface area contributed by atoms with Crippen LogP contribution in [0.5, 0.6) is 5.75 Å². The van der Waals surface area contributed by atoms with Gasteiger partial charge < -0.3 is 10.1 Å². The Morgan fingerprint density at radius 2 is 1.83 bits per heavy atom. The maximum Gasteiger partial charge on any atom is 0.255 e. The van der Waals surface area contributed by atoms with Crippen LogP contribution in [-0.4, -0.2) is 17.0 Å². The van der Waals surface area contributed by atoms with Crippen LogP contribution in [0.15, 0.2) is 66.7 Å². The number of carbonyl (C=O) groups excluding carboxylic acids is 1.